The Balaban J connectivity index is 0.000000587. The van der Waals surface area contributed by atoms with Gasteiger partial charge in [-0.3, -0.25) is 0 Å². The second-order valence-electron chi connectivity index (χ2n) is 9.30. The molecule has 0 bridgehead atoms. The van der Waals surface area contributed by atoms with Gasteiger partial charge in [-0.2, -0.15) is 13.2 Å². The van der Waals surface area contributed by atoms with Crippen LogP contribution in [0.2, 0.25) is 0 Å². The maximum atomic E-state index is 11.8. The van der Waals surface area contributed by atoms with Crippen LogP contribution in [0.3, 0.4) is 0 Å². The Morgan fingerprint density at radius 2 is 1.76 bits per heavy atom. The van der Waals surface area contributed by atoms with Crippen molar-refractivity contribution in [1.82, 2.24) is 9.88 Å². The Kier molecular flexibility index (Phi) is 10.6. The molecule has 10 nitrogen and oxygen atoms in total. The molecule has 224 valence electrons. The number of benzene rings is 2. The number of sulfonamides is 1. The highest BCUT2D eigenvalue weighted by Gasteiger charge is 2.38. The Hall–Kier alpha value is -3.40. The van der Waals surface area contributed by atoms with Gasteiger partial charge in [0.05, 0.1) is 22.4 Å². The molecule has 1 aliphatic rings. The first-order chi connectivity index (χ1) is 19.2. The number of halogens is 3. The molecular formula is C26H32F3N5O5S2. The van der Waals surface area contributed by atoms with Gasteiger partial charge in [-0.1, -0.05) is 19.1 Å². The monoisotopic (exact) mass is 615 g/mol. The number of piperazine rings is 1. The number of alkyl halides is 3. The average molecular weight is 616 g/mol. The minimum absolute atomic E-state index is 0.0123. The quantitative estimate of drug-likeness (QED) is 0.327. The van der Waals surface area contributed by atoms with E-state index >= 15 is 0 Å². The van der Waals surface area contributed by atoms with E-state index in [9.17, 15) is 21.6 Å². The fraction of sp³-hybridized carbons (Fsp3) is 0.385. The summed E-state index contributed by atoms with van der Waals surface area (Å²) >= 11 is 1.44. The normalized spacial score (nSPS) is 14.4. The maximum Gasteiger partial charge on any atom is 0.490 e. The number of carbonyl (C=O) groups is 1. The summed E-state index contributed by atoms with van der Waals surface area (Å²) in [4.78, 5) is 18.5. The summed E-state index contributed by atoms with van der Waals surface area (Å²) in [6.45, 7) is 11.4. The smallest absolute Gasteiger partial charge is 0.489 e. The molecule has 0 amide bonds. The van der Waals surface area contributed by atoms with Crippen LogP contribution in [0.4, 0.5) is 29.7 Å². The van der Waals surface area contributed by atoms with Crippen molar-refractivity contribution in [2.45, 2.75) is 37.9 Å². The second kappa shape index (κ2) is 13.5. The minimum Gasteiger partial charge on any atom is -0.489 e. The number of hydrogen-bond acceptors (Lipinski definition) is 9. The fourth-order valence-corrected chi connectivity index (χ4v) is 5.16. The van der Waals surface area contributed by atoms with E-state index in [1.807, 2.05) is 19.2 Å². The predicted octanol–water partition coefficient (Wildman–Crippen LogP) is 4.76. The van der Waals surface area contributed by atoms with Crippen molar-refractivity contribution in [2.75, 3.05) is 42.9 Å². The molecule has 4 rings (SSSR count). The molecule has 41 heavy (non-hydrogen) atoms. The summed E-state index contributed by atoms with van der Waals surface area (Å²) in [5, 5.41) is 18.3. The number of ether oxygens (including phenoxy) is 1. The molecule has 2 heterocycles. The molecule has 0 radical (unpaired) electrons. The molecule has 0 atom stereocenters. The van der Waals surface area contributed by atoms with Crippen LogP contribution in [0.5, 0.6) is 5.75 Å². The molecule has 1 fully saturated rings. The van der Waals surface area contributed by atoms with E-state index in [2.05, 4.69) is 46.3 Å². The number of likely N-dealkylation sites (N-methyl/N-ethyl adjacent to an activating group) is 1. The van der Waals surface area contributed by atoms with Crippen LogP contribution < -0.4 is 20.1 Å². The highest BCUT2D eigenvalue weighted by molar-refractivity contribution is 7.89. The van der Waals surface area contributed by atoms with E-state index in [-0.39, 0.29) is 11.0 Å². The molecule has 2 aromatic carbocycles. The topological polar surface area (TPSA) is 138 Å². The third-order valence-corrected chi connectivity index (χ3v) is 7.65. The summed E-state index contributed by atoms with van der Waals surface area (Å²) in [6, 6.07) is 13.0. The molecule has 3 aromatic rings. The molecule has 0 saturated carbocycles. The van der Waals surface area contributed by atoms with Crippen LogP contribution in [0.15, 0.2) is 52.7 Å². The van der Waals surface area contributed by atoms with E-state index in [4.69, 9.17) is 24.8 Å². The zero-order valence-corrected chi connectivity index (χ0v) is 24.3. The standard InChI is InChI=1S/C24H31N5O3S2.C2HF3O2/c1-4-28-11-13-29(14-12-28)19-7-5-18(6-8-19)22-16-33-24(27-22)26-21-15-20(34(25,30)31)9-10-23(21)32-17(2)3;3-2(4,5)1(6)7/h5-10,15-17H,4,11-14H2,1-3H3,(H,26,27)(H2,25,30,31);(H,6,7). The van der Waals surface area contributed by atoms with Crippen molar-refractivity contribution >= 4 is 43.8 Å². The average Bonchev–Trinajstić information content (AvgIpc) is 3.37. The van der Waals surface area contributed by atoms with E-state index < -0.39 is 22.2 Å². The van der Waals surface area contributed by atoms with Gasteiger partial charge in [0.15, 0.2) is 5.13 Å². The number of aromatic nitrogens is 1. The van der Waals surface area contributed by atoms with Crippen molar-refractivity contribution < 1.29 is 36.2 Å². The van der Waals surface area contributed by atoms with Gasteiger partial charge in [0.1, 0.15) is 5.75 Å². The Morgan fingerprint density at radius 1 is 1.15 bits per heavy atom. The highest BCUT2D eigenvalue weighted by atomic mass is 32.2. The lowest BCUT2D eigenvalue weighted by molar-refractivity contribution is -0.192. The van der Waals surface area contributed by atoms with Crippen LogP contribution in [0.25, 0.3) is 11.3 Å². The number of primary sulfonamides is 1. The molecular weight excluding hydrogens is 583 g/mol. The van der Waals surface area contributed by atoms with E-state index in [0.717, 1.165) is 44.0 Å². The van der Waals surface area contributed by atoms with Crippen molar-refractivity contribution in [3.63, 3.8) is 0 Å². The Morgan fingerprint density at radius 3 is 2.27 bits per heavy atom. The summed E-state index contributed by atoms with van der Waals surface area (Å²) in [5.41, 5.74) is 3.60. The molecule has 0 unspecified atom stereocenters. The molecule has 0 spiro atoms. The van der Waals surface area contributed by atoms with Gasteiger partial charge < -0.3 is 25.0 Å². The van der Waals surface area contributed by atoms with E-state index in [1.54, 1.807) is 6.07 Å². The molecule has 1 aliphatic heterocycles. The zero-order chi connectivity index (χ0) is 30.4. The first-order valence-electron chi connectivity index (χ1n) is 12.6. The lowest BCUT2D eigenvalue weighted by Crippen LogP contribution is -2.46. The summed E-state index contributed by atoms with van der Waals surface area (Å²) in [6.07, 6.45) is -5.16. The third kappa shape index (κ3) is 9.31. The zero-order valence-electron chi connectivity index (χ0n) is 22.7. The Bertz CT molecular complexity index is 1420. The van der Waals surface area contributed by atoms with Gasteiger partial charge in [-0.05, 0) is 50.7 Å². The van der Waals surface area contributed by atoms with Crippen molar-refractivity contribution in [3.05, 3.63) is 47.8 Å². The summed E-state index contributed by atoms with van der Waals surface area (Å²) in [5.74, 6) is -2.22. The Labute approximate surface area is 240 Å². The molecule has 1 saturated heterocycles. The van der Waals surface area contributed by atoms with Crippen LogP contribution in [-0.4, -0.2) is 74.4 Å². The van der Waals surface area contributed by atoms with Crippen molar-refractivity contribution in [2.24, 2.45) is 5.14 Å². The van der Waals surface area contributed by atoms with Crippen LogP contribution in [0.1, 0.15) is 20.8 Å². The second-order valence-corrected chi connectivity index (χ2v) is 11.7. The fourth-order valence-electron chi connectivity index (χ4n) is 3.88. The van der Waals surface area contributed by atoms with E-state index in [0.29, 0.717) is 16.6 Å². The van der Waals surface area contributed by atoms with Crippen LogP contribution in [-0.2, 0) is 14.8 Å². The number of thiazole rings is 1. The molecule has 0 aliphatic carbocycles. The molecule has 4 N–H and O–H groups in total. The number of carboxylic acids is 1. The van der Waals surface area contributed by atoms with E-state index in [1.165, 1.54) is 29.2 Å². The van der Waals surface area contributed by atoms with Gasteiger partial charge in [0.25, 0.3) is 0 Å². The van der Waals surface area contributed by atoms with Gasteiger partial charge in [0, 0.05) is 42.8 Å². The highest BCUT2D eigenvalue weighted by Crippen LogP contribution is 2.34. The minimum atomic E-state index is -5.08. The number of nitrogens with one attached hydrogen (secondary N) is 1. The van der Waals surface area contributed by atoms with Gasteiger partial charge >= 0.3 is 12.1 Å². The SMILES string of the molecule is CCN1CCN(c2ccc(-c3csc(Nc4cc(S(N)(=O)=O)ccc4OC(C)C)n3)cc2)CC1.O=C(O)C(F)(F)F. The number of aliphatic carboxylic acids is 1. The first-order valence-corrected chi connectivity index (χ1v) is 15.0. The number of carboxylic acid groups (broad SMARTS) is 1. The number of nitrogens with zero attached hydrogens (tertiary/aromatic N) is 3. The molecule has 1 aromatic heterocycles. The lowest BCUT2D eigenvalue weighted by atomic mass is 10.1. The van der Waals surface area contributed by atoms with Crippen LogP contribution >= 0.6 is 11.3 Å². The summed E-state index contributed by atoms with van der Waals surface area (Å²) in [7, 11) is -3.84. The lowest BCUT2D eigenvalue weighted by Gasteiger charge is -2.35. The number of anilines is 3. The largest absolute Gasteiger partial charge is 0.490 e. The van der Waals surface area contributed by atoms with Crippen molar-refractivity contribution in [1.29, 1.82) is 0 Å². The summed E-state index contributed by atoms with van der Waals surface area (Å²) < 4.78 is 61.2. The number of hydrogen-bond donors (Lipinski definition) is 3. The third-order valence-electron chi connectivity index (χ3n) is 5.98. The van der Waals surface area contributed by atoms with Gasteiger partial charge in [0.2, 0.25) is 10.0 Å². The number of rotatable bonds is 8. The van der Waals surface area contributed by atoms with Crippen LogP contribution in [0, 0.1) is 0 Å². The van der Waals surface area contributed by atoms with Crippen molar-refractivity contribution in [3.8, 4) is 17.0 Å². The predicted molar refractivity (Wildman–Crippen MR) is 152 cm³/mol. The molecule has 15 heteroatoms. The maximum absolute atomic E-state index is 11.8. The number of nitrogens with two attached hydrogens (primary N) is 1. The van der Waals surface area contributed by atoms with Gasteiger partial charge in [-0.15, -0.1) is 11.3 Å². The first kappa shape index (κ1) is 32.1. The van der Waals surface area contributed by atoms with Gasteiger partial charge in [-0.25, -0.2) is 23.3 Å².